The van der Waals surface area contributed by atoms with Crippen LogP contribution < -0.4 is 12.4 Å². The van der Waals surface area contributed by atoms with E-state index >= 15 is 0 Å². The Morgan fingerprint density at radius 3 is 1.39 bits per heavy atom. The maximum absolute atomic E-state index is 11.1. The molecule has 0 aliphatic rings. The second-order valence-corrected chi connectivity index (χ2v) is 9.03. The van der Waals surface area contributed by atoms with E-state index in [4.69, 9.17) is 9.47 Å². The maximum Gasteiger partial charge on any atom is 0.333 e. The van der Waals surface area contributed by atoms with Gasteiger partial charge in [0.25, 0.3) is 0 Å². The minimum absolute atomic E-state index is 0. The van der Waals surface area contributed by atoms with Crippen molar-refractivity contribution in [3.63, 3.8) is 0 Å². The summed E-state index contributed by atoms with van der Waals surface area (Å²) in [6.45, 7) is 14.4. The largest absolute Gasteiger partial charge is 1.00 e. The lowest BCUT2D eigenvalue weighted by Gasteiger charge is -2.23. The average molecular weight is 462 g/mol. The summed E-state index contributed by atoms with van der Waals surface area (Å²) >= 11 is 0. The minimum atomic E-state index is -0.302. The van der Waals surface area contributed by atoms with Crippen molar-refractivity contribution in [2.45, 2.75) is 85.0 Å². The average Bonchev–Trinajstić information content (AvgIpc) is 2.65. The molecule has 0 atom stereocenters. The summed E-state index contributed by atoms with van der Waals surface area (Å²) in [5.41, 5.74) is 0.943. The van der Waals surface area contributed by atoms with E-state index < -0.39 is 0 Å². The molecular formula is C25H48ClNO4. The first kappa shape index (κ1) is 34.3. The standard InChI is InChI=1S/C16H30O2.C9H18NO2.ClH/c1-4-5-6-7-8-9-10-11-12-13-14-18-16(17)15(2)3;1-8(2)9(11)12-7-6-10(3,4)5;/h2,4-14H2,1,3H3;1,6-7H2,2-5H3;1H/q;+1;/p-1. The van der Waals surface area contributed by atoms with Crippen molar-refractivity contribution >= 4 is 11.9 Å². The molecule has 0 aliphatic heterocycles. The summed E-state index contributed by atoms with van der Waals surface area (Å²) in [6.07, 6.45) is 13.0. The van der Waals surface area contributed by atoms with Crippen LogP contribution >= 0.6 is 0 Å². The van der Waals surface area contributed by atoms with Gasteiger partial charge in [-0.25, -0.2) is 9.59 Å². The van der Waals surface area contributed by atoms with Gasteiger partial charge in [-0.3, -0.25) is 0 Å². The number of unbranched alkanes of at least 4 members (excludes halogenated alkanes) is 9. The summed E-state index contributed by atoms with van der Waals surface area (Å²) in [5, 5.41) is 0. The summed E-state index contributed by atoms with van der Waals surface area (Å²) in [7, 11) is 6.15. The topological polar surface area (TPSA) is 52.6 Å². The number of carbonyl (C=O) groups is 2. The molecule has 0 heterocycles. The third kappa shape index (κ3) is 28.7. The van der Waals surface area contributed by atoms with Crippen LogP contribution in [0.1, 0.15) is 85.0 Å². The molecule has 0 unspecified atom stereocenters. The van der Waals surface area contributed by atoms with Crippen LogP contribution in [-0.2, 0) is 19.1 Å². The van der Waals surface area contributed by atoms with E-state index in [-0.39, 0.29) is 24.3 Å². The Morgan fingerprint density at radius 1 is 0.677 bits per heavy atom. The van der Waals surface area contributed by atoms with Gasteiger partial charge in [0.05, 0.1) is 27.7 Å². The lowest BCUT2D eigenvalue weighted by atomic mass is 10.1. The first-order chi connectivity index (χ1) is 14.0. The molecule has 184 valence electrons. The molecule has 6 heteroatoms. The first-order valence-electron chi connectivity index (χ1n) is 11.5. The predicted molar refractivity (Wildman–Crippen MR) is 126 cm³/mol. The zero-order chi connectivity index (χ0) is 23.4. The van der Waals surface area contributed by atoms with E-state index in [1.54, 1.807) is 13.8 Å². The lowest BCUT2D eigenvalue weighted by molar-refractivity contribution is -0.870. The highest BCUT2D eigenvalue weighted by Crippen LogP contribution is 2.10. The molecule has 0 saturated heterocycles. The third-order valence-corrected chi connectivity index (χ3v) is 4.42. The fourth-order valence-electron chi connectivity index (χ4n) is 2.41. The Labute approximate surface area is 198 Å². The number of rotatable bonds is 16. The van der Waals surface area contributed by atoms with Crippen molar-refractivity contribution in [2.75, 3.05) is 40.9 Å². The molecular weight excluding hydrogens is 414 g/mol. The van der Waals surface area contributed by atoms with Gasteiger partial charge in [-0.15, -0.1) is 0 Å². The van der Waals surface area contributed by atoms with Crippen LogP contribution in [0.3, 0.4) is 0 Å². The molecule has 0 spiro atoms. The quantitative estimate of drug-likeness (QED) is 0.153. The minimum Gasteiger partial charge on any atom is -1.00 e. The smallest absolute Gasteiger partial charge is 0.333 e. The number of nitrogens with zero attached hydrogens (tertiary/aromatic N) is 1. The van der Waals surface area contributed by atoms with Crippen LogP contribution in [0.4, 0.5) is 0 Å². The lowest BCUT2D eigenvalue weighted by Crippen LogP contribution is -3.00. The van der Waals surface area contributed by atoms with Gasteiger partial charge in [0.15, 0.2) is 0 Å². The SMILES string of the molecule is C=C(C)C(=O)OCCCCCCCCCCCC.C=C(C)C(=O)OCC[N+](C)(C)C.[Cl-]. The van der Waals surface area contributed by atoms with E-state index in [0.29, 0.717) is 24.4 Å². The number of ether oxygens (including phenoxy) is 2. The Hall–Kier alpha value is -1.33. The number of hydrogen-bond acceptors (Lipinski definition) is 4. The molecule has 31 heavy (non-hydrogen) atoms. The fraction of sp³-hybridized carbons (Fsp3) is 0.760. The molecule has 0 saturated carbocycles. The fourth-order valence-corrected chi connectivity index (χ4v) is 2.41. The molecule has 5 nitrogen and oxygen atoms in total. The number of esters is 2. The highest BCUT2D eigenvalue weighted by Gasteiger charge is 2.09. The number of likely N-dealkylation sites (N-methyl/N-ethyl adjacent to an activating group) is 1. The van der Waals surface area contributed by atoms with Crippen LogP contribution in [0, 0.1) is 0 Å². The molecule has 0 aromatic heterocycles. The monoisotopic (exact) mass is 461 g/mol. The van der Waals surface area contributed by atoms with Crippen molar-refractivity contribution in [3.05, 3.63) is 24.3 Å². The van der Waals surface area contributed by atoms with Gasteiger partial charge >= 0.3 is 11.9 Å². The van der Waals surface area contributed by atoms with Gasteiger partial charge in [0.2, 0.25) is 0 Å². The van der Waals surface area contributed by atoms with E-state index in [1.807, 2.05) is 0 Å². The molecule has 0 rings (SSSR count). The molecule has 0 aromatic carbocycles. The maximum atomic E-state index is 11.1. The molecule has 0 bridgehead atoms. The number of carbonyl (C=O) groups excluding carboxylic acids is 2. The van der Waals surface area contributed by atoms with Crippen molar-refractivity contribution in [3.8, 4) is 0 Å². The molecule has 0 aliphatic carbocycles. The Balaban J connectivity index is -0.000000528. The van der Waals surface area contributed by atoms with E-state index in [9.17, 15) is 9.59 Å². The van der Waals surface area contributed by atoms with Gasteiger partial charge in [-0.1, -0.05) is 77.9 Å². The normalized spacial score (nSPS) is 10.3. The van der Waals surface area contributed by atoms with Crippen molar-refractivity contribution in [2.24, 2.45) is 0 Å². The number of halogens is 1. The zero-order valence-electron chi connectivity index (χ0n) is 21.1. The number of quaternary nitrogens is 1. The Bertz CT molecular complexity index is 498. The predicted octanol–water partition coefficient (Wildman–Crippen LogP) is 2.84. The third-order valence-electron chi connectivity index (χ3n) is 4.42. The molecule has 0 fully saturated rings. The van der Waals surface area contributed by atoms with E-state index in [0.717, 1.165) is 17.4 Å². The Morgan fingerprint density at radius 2 is 1.03 bits per heavy atom. The van der Waals surface area contributed by atoms with Crippen molar-refractivity contribution in [1.29, 1.82) is 0 Å². The number of hydrogen-bond donors (Lipinski definition) is 0. The second kappa shape index (κ2) is 21.9. The summed E-state index contributed by atoms with van der Waals surface area (Å²) < 4.78 is 10.8. The van der Waals surface area contributed by atoms with Crippen molar-refractivity contribution < 1.29 is 36.0 Å². The van der Waals surface area contributed by atoms with Gasteiger partial charge in [0, 0.05) is 11.1 Å². The summed E-state index contributed by atoms with van der Waals surface area (Å²) in [5.74, 6) is -0.561. The molecule has 0 aromatic rings. The van der Waals surface area contributed by atoms with E-state index in [1.165, 1.54) is 57.8 Å². The highest BCUT2D eigenvalue weighted by molar-refractivity contribution is 5.87. The van der Waals surface area contributed by atoms with E-state index in [2.05, 4.69) is 41.2 Å². The zero-order valence-corrected chi connectivity index (χ0v) is 21.8. The van der Waals surface area contributed by atoms with Crippen LogP contribution in [0.5, 0.6) is 0 Å². The van der Waals surface area contributed by atoms with Gasteiger partial charge in [0.1, 0.15) is 13.2 Å². The van der Waals surface area contributed by atoms with Gasteiger partial charge in [-0.2, -0.15) is 0 Å². The summed E-state index contributed by atoms with van der Waals surface area (Å²) in [6, 6.07) is 0. The van der Waals surface area contributed by atoms with Gasteiger partial charge in [-0.05, 0) is 20.3 Å². The van der Waals surface area contributed by atoms with Crippen LogP contribution in [-0.4, -0.2) is 57.3 Å². The first-order valence-corrected chi connectivity index (χ1v) is 11.5. The highest BCUT2D eigenvalue weighted by atomic mass is 35.5. The second-order valence-electron chi connectivity index (χ2n) is 9.03. The summed E-state index contributed by atoms with van der Waals surface area (Å²) in [4.78, 5) is 22.0. The van der Waals surface area contributed by atoms with Crippen LogP contribution in [0.2, 0.25) is 0 Å². The molecule has 0 amide bonds. The molecule has 0 N–H and O–H groups in total. The van der Waals surface area contributed by atoms with Crippen LogP contribution in [0.25, 0.3) is 0 Å². The molecule has 0 radical (unpaired) electrons. The van der Waals surface area contributed by atoms with Crippen molar-refractivity contribution in [1.82, 2.24) is 0 Å². The van der Waals surface area contributed by atoms with Crippen LogP contribution in [0.15, 0.2) is 24.3 Å². The van der Waals surface area contributed by atoms with Gasteiger partial charge < -0.3 is 26.4 Å². The Kier molecular flexibility index (Phi) is 24.2.